The van der Waals surface area contributed by atoms with Crippen LogP contribution in [0.1, 0.15) is 43.4 Å². The lowest BCUT2D eigenvalue weighted by molar-refractivity contribution is -0.143. The predicted octanol–water partition coefficient (Wildman–Crippen LogP) is 3.60. The molecule has 0 saturated heterocycles. The fourth-order valence-corrected chi connectivity index (χ4v) is 4.69. The molecule has 1 amide bonds. The number of hydrogen-bond donors (Lipinski definition) is 1. The van der Waals surface area contributed by atoms with E-state index in [1.807, 2.05) is 0 Å². The summed E-state index contributed by atoms with van der Waals surface area (Å²) < 4.78 is 49.8. The minimum absolute atomic E-state index is 0.0171. The average Bonchev–Trinajstić information content (AvgIpc) is 3.28. The Balaban J connectivity index is 1.12. The molecule has 1 N–H and O–H groups in total. The molecule has 1 unspecified atom stereocenters. The smallest absolute Gasteiger partial charge is 0.258 e. The van der Waals surface area contributed by atoms with Gasteiger partial charge in [-0.15, -0.1) is 10.2 Å². The van der Waals surface area contributed by atoms with Gasteiger partial charge in [0.05, 0.1) is 10.4 Å². The van der Waals surface area contributed by atoms with Crippen LogP contribution in [0.25, 0.3) is 0 Å². The van der Waals surface area contributed by atoms with Crippen molar-refractivity contribution in [3.63, 3.8) is 0 Å². The second-order valence-electron chi connectivity index (χ2n) is 8.29. The Morgan fingerprint density at radius 3 is 2.76 bits per heavy atom. The summed E-state index contributed by atoms with van der Waals surface area (Å²) in [5.41, 5.74) is -0.598. The number of hydrogen-bond acceptors (Lipinski definition) is 5. The van der Waals surface area contributed by atoms with Crippen molar-refractivity contribution >= 4 is 17.5 Å². The van der Waals surface area contributed by atoms with Crippen LogP contribution in [-0.2, 0) is 10.2 Å². The third kappa shape index (κ3) is 3.15. The summed E-state index contributed by atoms with van der Waals surface area (Å²) >= 11 is 5.61. The van der Waals surface area contributed by atoms with Crippen LogP contribution in [0.2, 0.25) is 5.02 Å². The SMILES string of the molecule is O=C(COc1ccc(Cl)c(F)c1)NC12CC(c3nnc(C4C[C@@H]4C(F)F)o3)(C1)C2. The number of ether oxygens (including phenoxy) is 1. The normalized spacial score (nSPS) is 31.8. The third-order valence-electron chi connectivity index (χ3n) is 6.07. The van der Waals surface area contributed by atoms with Gasteiger partial charge in [0.2, 0.25) is 18.2 Å². The molecule has 0 aliphatic heterocycles. The van der Waals surface area contributed by atoms with E-state index in [1.165, 1.54) is 12.1 Å². The van der Waals surface area contributed by atoms with Gasteiger partial charge in [0, 0.05) is 23.4 Å². The zero-order chi connectivity index (χ0) is 20.4. The molecule has 4 aliphatic carbocycles. The van der Waals surface area contributed by atoms with Crippen LogP contribution in [0.15, 0.2) is 22.6 Å². The molecule has 2 atom stereocenters. The number of halogens is 4. The molecule has 6 rings (SSSR count). The van der Waals surface area contributed by atoms with E-state index in [-0.39, 0.29) is 46.0 Å². The highest BCUT2D eigenvalue weighted by atomic mass is 35.5. The minimum atomic E-state index is -2.37. The first-order chi connectivity index (χ1) is 13.8. The molecular formula is C19H17ClF3N3O3. The summed E-state index contributed by atoms with van der Waals surface area (Å²) in [5, 5.41) is 10.9. The van der Waals surface area contributed by atoms with Crippen LogP contribution in [0, 0.1) is 11.7 Å². The summed E-state index contributed by atoms with van der Waals surface area (Å²) in [5.74, 6) is -0.971. The van der Waals surface area contributed by atoms with Crippen molar-refractivity contribution in [1.82, 2.24) is 15.5 Å². The van der Waals surface area contributed by atoms with E-state index >= 15 is 0 Å². The Hall–Kier alpha value is -2.29. The van der Waals surface area contributed by atoms with Crippen molar-refractivity contribution in [3.05, 3.63) is 40.8 Å². The first-order valence-electron chi connectivity index (χ1n) is 9.30. The Bertz CT molecular complexity index is 963. The summed E-state index contributed by atoms with van der Waals surface area (Å²) in [4.78, 5) is 12.2. The maximum absolute atomic E-state index is 13.4. The fourth-order valence-electron chi connectivity index (χ4n) is 4.57. The van der Waals surface area contributed by atoms with Crippen LogP contribution in [0.3, 0.4) is 0 Å². The van der Waals surface area contributed by atoms with Gasteiger partial charge in [0.25, 0.3) is 5.91 Å². The summed E-state index contributed by atoms with van der Waals surface area (Å²) in [6, 6.07) is 3.97. The van der Waals surface area contributed by atoms with Crippen molar-refractivity contribution in [2.24, 2.45) is 5.92 Å². The summed E-state index contributed by atoms with van der Waals surface area (Å²) in [6.45, 7) is -0.239. The van der Waals surface area contributed by atoms with Crippen LogP contribution in [-0.4, -0.2) is 34.7 Å². The van der Waals surface area contributed by atoms with Crippen molar-refractivity contribution in [2.45, 2.75) is 49.0 Å². The molecule has 10 heteroatoms. The number of alkyl halides is 2. The highest BCUT2D eigenvalue weighted by Gasteiger charge is 2.72. The predicted molar refractivity (Wildman–Crippen MR) is 94.5 cm³/mol. The average molecular weight is 428 g/mol. The van der Waals surface area contributed by atoms with Crippen molar-refractivity contribution in [3.8, 4) is 5.75 Å². The van der Waals surface area contributed by atoms with E-state index in [9.17, 15) is 18.0 Å². The number of carbonyl (C=O) groups excluding carboxylic acids is 1. The van der Waals surface area contributed by atoms with Gasteiger partial charge in [0.1, 0.15) is 11.6 Å². The lowest BCUT2D eigenvalue weighted by atomic mass is 9.39. The first kappa shape index (κ1) is 18.7. The van der Waals surface area contributed by atoms with Gasteiger partial charge in [-0.1, -0.05) is 11.6 Å². The Morgan fingerprint density at radius 1 is 1.34 bits per heavy atom. The van der Waals surface area contributed by atoms with Crippen LogP contribution >= 0.6 is 11.6 Å². The maximum atomic E-state index is 13.4. The summed E-state index contributed by atoms with van der Waals surface area (Å²) in [6.07, 6.45) is -0.0108. The van der Waals surface area contributed by atoms with Crippen LogP contribution in [0.5, 0.6) is 5.75 Å². The number of nitrogens with one attached hydrogen (secondary N) is 1. The standard InChI is InChI=1S/C19H17ClF3N3O3/c20-12-2-1-9(3-13(12)21)28-5-14(27)24-19-6-18(7-19,8-19)17-26-25-16(29-17)11-4-10(11)15(22)23/h1-3,10-11,15H,4-8H2,(H,24,27)/t10-,11?,18?,19?/m0/s1. The molecule has 4 fully saturated rings. The highest BCUT2D eigenvalue weighted by molar-refractivity contribution is 6.30. The third-order valence-corrected chi connectivity index (χ3v) is 6.38. The molecule has 0 radical (unpaired) electrons. The maximum Gasteiger partial charge on any atom is 0.258 e. The number of rotatable bonds is 7. The quantitative estimate of drug-likeness (QED) is 0.730. The van der Waals surface area contributed by atoms with Crippen molar-refractivity contribution < 1.29 is 27.1 Å². The van der Waals surface area contributed by atoms with Gasteiger partial charge in [0.15, 0.2) is 6.61 Å². The molecule has 154 valence electrons. The molecule has 6 nitrogen and oxygen atoms in total. The molecule has 2 aromatic rings. The van der Waals surface area contributed by atoms with Gasteiger partial charge in [-0.05, 0) is 37.8 Å². The topological polar surface area (TPSA) is 77.2 Å². The lowest BCUT2D eigenvalue weighted by Gasteiger charge is -2.68. The summed E-state index contributed by atoms with van der Waals surface area (Å²) in [7, 11) is 0. The van der Waals surface area contributed by atoms with Crippen molar-refractivity contribution in [1.29, 1.82) is 0 Å². The Kier molecular flexibility index (Phi) is 4.10. The molecule has 1 aromatic carbocycles. The van der Waals surface area contributed by atoms with E-state index in [1.54, 1.807) is 0 Å². The first-order valence-corrected chi connectivity index (χ1v) is 9.68. The van der Waals surface area contributed by atoms with E-state index < -0.39 is 18.2 Å². The zero-order valence-electron chi connectivity index (χ0n) is 15.1. The highest BCUT2D eigenvalue weighted by Crippen LogP contribution is 2.67. The van der Waals surface area contributed by atoms with E-state index in [4.69, 9.17) is 20.8 Å². The Labute approximate surface area is 168 Å². The molecule has 4 saturated carbocycles. The second kappa shape index (κ2) is 6.35. The zero-order valence-corrected chi connectivity index (χ0v) is 15.9. The largest absolute Gasteiger partial charge is 0.484 e. The van der Waals surface area contributed by atoms with E-state index in [0.717, 1.165) is 6.07 Å². The molecule has 1 aromatic heterocycles. The monoisotopic (exact) mass is 427 g/mol. The van der Waals surface area contributed by atoms with Gasteiger partial charge in [-0.3, -0.25) is 4.79 Å². The molecule has 0 spiro atoms. The van der Waals surface area contributed by atoms with Gasteiger partial charge in [-0.2, -0.15) is 0 Å². The van der Waals surface area contributed by atoms with Crippen molar-refractivity contribution in [2.75, 3.05) is 6.61 Å². The Morgan fingerprint density at radius 2 is 2.10 bits per heavy atom. The molecule has 29 heavy (non-hydrogen) atoms. The van der Waals surface area contributed by atoms with E-state index in [2.05, 4.69) is 15.5 Å². The van der Waals surface area contributed by atoms with Gasteiger partial charge in [-0.25, -0.2) is 13.2 Å². The van der Waals surface area contributed by atoms with Crippen LogP contribution in [0.4, 0.5) is 13.2 Å². The second-order valence-corrected chi connectivity index (χ2v) is 8.70. The molecule has 2 bridgehead atoms. The fraction of sp³-hybridized carbons (Fsp3) is 0.526. The van der Waals surface area contributed by atoms with Gasteiger partial charge < -0.3 is 14.5 Å². The number of aromatic nitrogens is 2. The molecular weight excluding hydrogens is 411 g/mol. The number of benzene rings is 1. The number of carbonyl (C=O) groups is 1. The van der Waals surface area contributed by atoms with Gasteiger partial charge >= 0.3 is 0 Å². The van der Waals surface area contributed by atoms with E-state index in [0.29, 0.717) is 31.6 Å². The number of nitrogens with zero attached hydrogens (tertiary/aromatic N) is 2. The molecule has 1 heterocycles. The lowest BCUT2D eigenvalue weighted by Crippen LogP contribution is -2.77. The number of amides is 1. The molecule has 4 aliphatic rings. The van der Waals surface area contributed by atoms with Crippen LogP contribution < -0.4 is 10.1 Å². The minimum Gasteiger partial charge on any atom is -0.484 e.